The first kappa shape index (κ1) is 29.8. The van der Waals surface area contributed by atoms with Crippen molar-refractivity contribution in [2.75, 3.05) is 0 Å². The Balaban J connectivity index is 1.15. The molecule has 12 aromatic rings. The van der Waals surface area contributed by atoms with E-state index >= 15 is 0 Å². The smallest absolute Gasteiger partial charge is 0.235 e. The molecular weight excluding hydrogens is 681 g/mol. The van der Waals surface area contributed by atoms with E-state index in [1.165, 1.54) is 71.0 Å². The fraction of sp³-hybridized carbons (Fsp3) is 0. The maximum Gasteiger partial charge on any atom is 0.235 e. The van der Waals surface area contributed by atoms with Crippen LogP contribution in [0.2, 0.25) is 0 Å². The van der Waals surface area contributed by atoms with Crippen LogP contribution in [0.4, 0.5) is 0 Å². The molecule has 0 fully saturated rings. The molecule has 9 aromatic carbocycles. The van der Waals surface area contributed by atoms with Crippen molar-refractivity contribution in [1.82, 2.24) is 19.1 Å². The molecule has 4 heteroatoms. The molecule has 13 rings (SSSR count). The fourth-order valence-corrected chi connectivity index (χ4v) is 9.70. The van der Waals surface area contributed by atoms with E-state index in [-0.39, 0.29) is 0 Å². The molecule has 0 spiro atoms. The van der Waals surface area contributed by atoms with Gasteiger partial charge in [0.05, 0.1) is 39.0 Å². The molecule has 56 heavy (non-hydrogen) atoms. The summed E-state index contributed by atoms with van der Waals surface area (Å²) in [6.45, 7) is 0. The molecule has 3 aromatic heterocycles. The van der Waals surface area contributed by atoms with Gasteiger partial charge in [0.2, 0.25) is 5.95 Å². The van der Waals surface area contributed by atoms with Crippen molar-refractivity contribution >= 4 is 76.1 Å². The van der Waals surface area contributed by atoms with Gasteiger partial charge < -0.3 is 4.57 Å². The van der Waals surface area contributed by atoms with E-state index in [9.17, 15) is 0 Å². The van der Waals surface area contributed by atoms with Gasteiger partial charge in [-0.1, -0.05) is 140 Å². The lowest BCUT2D eigenvalue weighted by Gasteiger charge is -2.14. The molecule has 1 aliphatic rings. The number of benzene rings is 9. The Kier molecular flexibility index (Phi) is 5.86. The van der Waals surface area contributed by atoms with E-state index in [0.717, 1.165) is 44.3 Å². The summed E-state index contributed by atoms with van der Waals surface area (Å²) >= 11 is 0. The maximum absolute atomic E-state index is 5.61. The zero-order valence-corrected chi connectivity index (χ0v) is 30.1. The van der Waals surface area contributed by atoms with Crippen LogP contribution in [0.3, 0.4) is 0 Å². The highest BCUT2D eigenvalue weighted by atomic mass is 15.2. The highest BCUT2D eigenvalue weighted by Gasteiger charge is 2.25. The summed E-state index contributed by atoms with van der Waals surface area (Å²) in [5, 5.41) is 10.7. The molecule has 3 heterocycles. The number of fused-ring (bicyclic) bond motifs is 11. The molecule has 0 atom stereocenters. The lowest BCUT2D eigenvalue weighted by molar-refractivity contribution is 1.01. The monoisotopic (exact) mass is 710 g/mol. The lowest BCUT2D eigenvalue weighted by atomic mass is 9.95. The van der Waals surface area contributed by atoms with Crippen LogP contribution in [-0.2, 0) is 0 Å². The highest BCUT2D eigenvalue weighted by molar-refractivity contribution is 6.21. The van der Waals surface area contributed by atoms with Crippen molar-refractivity contribution in [3.05, 3.63) is 182 Å². The molecule has 0 N–H and O–H groups in total. The van der Waals surface area contributed by atoms with Gasteiger partial charge in [0.1, 0.15) is 0 Å². The zero-order chi connectivity index (χ0) is 36.5. The number of rotatable bonds is 3. The van der Waals surface area contributed by atoms with Crippen LogP contribution in [0.25, 0.3) is 121 Å². The highest BCUT2D eigenvalue weighted by Crippen LogP contribution is 2.50. The lowest BCUT2D eigenvalue weighted by Crippen LogP contribution is -2.04. The van der Waals surface area contributed by atoms with Gasteiger partial charge in [0, 0.05) is 32.5 Å². The Morgan fingerprint density at radius 3 is 1.68 bits per heavy atom. The van der Waals surface area contributed by atoms with Crippen LogP contribution in [-0.4, -0.2) is 19.1 Å². The minimum Gasteiger partial charge on any atom is -0.309 e. The standard InChI is InChI=1S/C52H30N4/c1-2-14-32-30-48-42(29-31(32)13-1)50-46(55-44-23-9-6-17-35(44)36-18-7-10-24-45(36)55)25-12-26-47(50)56(48)52-53-43-22-8-5-19-41(43)51(54-52)40-28-27-39-34-16-4-3-15-33(34)37-20-11-21-38(40)49(37)39/h1-30H. The second-order valence-corrected chi connectivity index (χ2v) is 14.9. The number of hydrogen-bond donors (Lipinski definition) is 0. The van der Waals surface area contributed by atoms with Gasteiger partial charge in [0.25, 0.3) is 0 Å². The van der Waals surface area contributed by atoms with Crippen LogP contribution in [0.15, 0.2) is 182 Å². The van der Waals surface area contributed by atoms with Gasteiger partial charge >= 0.3 is 0 Å². The summed E-state index contributed by atoms with van der Waals surface area (Å²) in [7, 11) is 0. The third kappa shape index (κ3) is 3.92. The molecule has 4 nitrogen and oxygen atoms in total. The van der Waals surface area contributed by atoms with Crippen molar-refractivity contribution in [3.63, 3.8) is 0 Å². The fourth-order valence-electron chi connectivity index (χ4n) is 9.70. The molecule has 0 amide bonds. The molecule has 0 saturated carbocycles. The van der Waals surface area contributed by atoms with Gasteiger partial charge in [-0.15, -0.1) is 0 Å². The van der Waals surface area contributed by atoms with E-state index in [2.05, 4.69) is 191 Å². The third-order valence-electron chi connectivity index (χ3n) is 12.1. The quantitative estimate of drug-likeness (QED) is 0.183. The maximum atomic E-state index is 5.61. The van der Waals surface area contributed by atoms with Gasteiger partial charge in [0.15, 0.2) is 0 Å². The van der Waals surface area contributed by atoms with E-state index in [1.807, 2.05) is 0 Å². The van der Waals surface area contributed by atoms with Crippen molar-refractivity contribution in [1.29, 1.82) is 0 Å². The Morgan fingerprint density at radius 2 is 0.893 bits per heavy atom. The topological polar surface area (TPSA) is 35.6 Å². The van der Waals surface area contributed by atoms with E-state index in [1.54, 1.807) is 0 Å². The van der Waals surface area contributed by atoms with Crippen LogP contribution in [0, 0.1) is 0 Å². The predicted molar refractivity (Wildman–Crippen MR) is 233 cm³/mol. The molecule has 258 valence electrons. The van der Waals surface area contributed by atoms with Crippen LogP contribution in [0.1, 0.15) is 0 Å². The summed E-state index contributed by atoms with van der Waals surface area (Å²) in [6.07, 6.45) is 0. The van der Waals surface area contributed by atoms with E-state index in [4.69, 9.17) is 9.97 Å². The molecule has 0 aliphatic heterocycles. The van der Waals surface area contributed by atoms with Gasteiger partial charge in [-0.25, -0.2) is 9.97 Å². The van der Waals surface area contributed by atoms with Crippen LogP contribution >= 0.6 is 0 Å². The van der Waals surface area contributed by atoms with Crippen molar-refractivity contribution in [3.8, 4) is 45.1 Å². The summed E-state index contributed by atoms with van der Waals surface area (Å²) in [5.41, 5.74) is 13.7. The molecule has 0 bridgehead atoms. The third-order valence-corrected chi connectivity index (χ3v) is 12.1. The number of para-hydroxylation sites is 3. The average Bonchev–Trinajstić information content (AvgIpc) is 3.89. The SMILES string of the molecule is c1ccc2c(c1)-c1cccc3c(-c4nc(-n5c6cc7ccccc7cc6c6c(-n7c8ccccc8c8ccccc87)cccc65)nc5ccccc45)ccc-2c13. The van der Waals surface area contributed by atoms with Crippen molar-refractivity contribution < 1.29 is 0 Å². The Morgan fingerprint density at radius 1 is 0.321 bits per heavy atom. The normalized spacial score (nSPS) is 12.3. The molecule has 0 saturated heterocycles. The Labute approximate surface area is 321 Å². The Bertz CT molecular complexity index is 3580. The van der Waals surface area contributed by atoms with Crippen molar-refractivity contribution in [2.24, 2.45) is 0 Å². The van der Waals surface area contributed by atoms with Crippen molar-refractivity contribution in [2.45, 2.75) is 0 Å². The van der Waals surface area contributed by atoms with Crippen LogP contribution in [0.5, 0.6) is 0 Å². The molecular formula is C52H30N4. The summed E-state index contributed by atoms with van der Waals surface area (Å²) in [5.74, 6) is 0.653. The first-order valence-corrected chi connectivity index (χ1v) is 19.2. The average molecular weight is 711 g/mol. The van der Waals surface area contributed by atoms with Gasteiger partial charge in [-0.3, -0.25) is 4.57 Å². The minimum absolute atomic E-state index is 0.653. The van der Waals surface area contributed by atoms with E-state index < -0.39 is 0 Å². The first-order valence-electron chi connectivity index (χ1n) is 19.2. The minimum atomic E-state index is 0.653. The summed E-state index contributed by atoms with van der Waals surface area (Å²) in [6, 6.07) is 65.9. The van der Waals surface area contributed by atoms with Gasteiger partial charge in [-0.05, 0) is 86.3 Å². The second-order valence-electron chi connectivity index (χ2n) is 14.9. The second kappa shape index (κ2) is 11.0. The molecule has 0 radical (unpaired) electrons. The predicted octanol–water partition coefficient (Wildman–Crippen LogP) is 13.4. The molecule has 1 aliphatic carbocycles. The molecule has 0 unspecified atom stereocenters. The first-order chi connectivity index (χ1) is 27.8. The Hall–Kier alpha value is -7.56. The van der Waals surface area contributed by atoms with E-state index in [0.29, 0.717) is 5.95 Å². The number of hydrogen-bond acceptors (Lipinski definition) is 2. The number of nitrogens with zero attached hydrogens (tertiary/aromatic N) is 4. The number of aromatic nitrogens is 4. The zero-order valence-electron chi connectivity index (χ0n) is 30.1. The summed E-state index contributed by atoms with van der Waals surface area (Å²) in [4.78, 5) is 11.0. The van der Waals surface area contributed by atoms with Crippen LogP contribution < -0.4 is 0 Å². The summed E-state index contributed by atoms with van der Waals surface area (Å²) < 4.78 is 4.73. The van der Waals surface area contributed by atoms with Gasteiger partial charge in [-0.2, -0.15) is 0 Å². The largest absolute Gasteiger partial charge is 0.309 e.